The maximum atomic E-state index is 5.38. The fourth-order valence-corrected chi connectivity index (χ4v) is 3.99. The van der Waals surface area contributed by atoms with Crippen LogP contribution in [0.1, 0.15) is 39.8 Å². The number of rotatable bonds is 5. The summed E-state index contributed by atoms with van der Waals surface area (Å²) in [7, 11) is 1.72. The molecule has 4 rings (SSSR count). The lowest BCUT2D eigenvalue weighted by Crippen LogP contribution is -1.97. The molecule has 0 bridgehead atoms. The van der Waals surface area contributed by atoms with Gasteiger partial charge in [-0.2, -0.15) is 0 Å². The van der Waals surface area contributed by atoms with Crippen molar-refractivity contribution in [3.8, 4) is 5.75 Å². The second-order valence-corrected chi connectivity index (χ2v) is 7.38. The highest BCUT2D eigenvalue weighted by atomic mass is 16.5. The first-order valence-corrected chi connectivity index (χ1v) is 9.74. The van der Waals surface area contributed by atoms with Crippen molar-refractivity contribution in [1.82, 2.24) is 0 Å². The van der Waals surface area contributed by atoms with Crippen LogP contribution in [0.3, 0.4) is 0 Å². The van der Waals surface area contributed by atoms with E-state index in [2.05, 4.69) is 73.7 Å². The summed E-state index contributed by atoms with van der Waals surface area (Å²) in [4.78, 5) is 0. The van der Waals surface area contributed by atoms with Gasteiger partial charge >= 0.3 is 0 Å². The van der Waals surface area contributed by atoms with Crippen molar-refractivity contribution < 1.29 is 4.74 Å². The zero-order valence-corrected chi connectivity index (χ0v) is 16.2. The summed E-state index contributed by atoms with van der Waals surface area (Å²) in [5, 5.41) is 0. The van der Waals surface area contributed by atoms with Crippen molar-refractivity contribution in [2.24, 2.45) is 0 Å². The van der Waals surface area contributed by atoms with E-state index >= 15 is 0 Å². The Hall–Kier alpha value is -2.80. The van der Waals surface area contributed by atoms with E-state index in [0.29, 0.717) is 0 Å². The van der Waals surface area contributed by atoms with Crippen LogP contribution in [-0.4, -0.2) is 7.11 Å². The molecular weight excluding hydrogens is 328 g/mol. The molecule has 27 heavy (non-hydrogen) atoms. The maximum absolute atomic E-state index is 5.38. The number of benzene rings is 3. The van der Waals surface area contributed by atoms with E-state index in [1.54, 1.807) is 7.11 Å². The number of hydrogen-bond acceptors (Lipinski definition) is 1. The average Bonchev–Trinajstić information content (AvgIpc) is 3.11. The molecule has 0 aromatic heterocycles. The molecule has 3 aromatic carbocycles. The van der Waals surface area contributed by atoms with Gasteiger partial charge in [-0.1, -0.05) is 66.2 Å². The molecule has 136 valence electrons. The molecule has 0 atom stereocenters. The lowest BCUT2D eigenvalue weighted by Gasteiger charge is -2.11. The maximum Gasteiger partial charge on any atom is 0.119 e. The highest BCUT2D eigenvalue weighted by Crippen LogP contribution is 2.37. The number of hydrogen-bond donors (Lipinski definition) is 0. The highest BCUT2D eigenvalue weighted by Gasteiger charge is 2.19. The molecular formula is C26H26O. The molecule has 0 aliphatic heterocycles. The van der Waals surface area contributed by atoms with Crippen LogP contribution in [0, 0.1) is 6.92 Å². The van der Waals surface area contributed by atoms with Crippen molar-refractivity contribution in [2.45, 2.75) is 32.6 Å². The van der Waals surface area contributed by atoms with Crippen LogP contribution in [0.2, 0.25) is 0 Å². The van der Waals surface area contributed by atoms with Crippen molar-refractivity contribution >= 4 is 11.6 Å². The Morgan fingerprint density at radius 1 is 0.889 bits per heavy atom. The smallest absolute Gasteiger partial charge is 0.119 e. The zero-order valence-electron chi connectivity index (χ0n) is 16.2. The summed E-state index contributed by atoms with van der Waals surface area (Å²) in [6.07, 6.45) is 6.77. The predicted molar refractivity (Wildman–Crippen MR) is 114 cm³/mol. The standard InChI is InChI=1S/C26H26O/c1-19-9-11-20(12-10-19)13-14-22-6-4-7-23-15-16-24(26(22)23)17-21-5-3-8-25(18-21)27-2/h3-12,17-18H,13-16H2,1-2H3/b24-17+. The van der Waals surface area contributed by atoms with E-state index in [-0.39, 0.29) is 0 Å². The number of aryl methyl sites for hydroxylation is 4. The number of allylic oxidation sites excluding steroid dienone is 1. The summed E-state index contributed by atoms with van der Waals surface area (Å²) in [6.45, 7) is 2.14. The topological polar surface area (TPSA) is 9.23 Å². The van der Waals surface area contributed by atoms with E-state index in [1.807, 2.05) is 6.07 Å². The van der Waals surface area contributed by atoms with Gasteiger partial charge in [0.15, 0.2) is 0 Å². The van der Waals surface area contributed by atoms with E-state index in [1.165, 1.54) is 39.0 Å². The third-order valence-electron chi connectivity index (χ3n) is 5.46. The van der Waals surface area contributed by atoms with Crippen molar-refractivity contribution in [2.75, 3.05) is 7.11 Å². The third-order valence-corrected chi connectivity index (χ3v) is 5.46. The highest BCUT2D eigenvalue weighted by molar-refractivity contribution is 5.87. The van der Waals surface area contributed by atoms with Crippen LogP contribution >= 0.6 is 0 Å². The summed E-state index contributed by atoms with van der Waals surface area (Å²) in [5.41, 5.74) is 9.85. The molecule has 3 aromatic rings. The first-order chi connectivity index (χ1) is 13.2. The Labute approximate surface area is 162 Å². The summed E-state index contributed by atoms with van der Waals surface area (Å²) in [5.74, 6) is 0.912. The summed E-state index contributed by atoms with van der Waals surface area (Å²) >= 11 is 0. The minimum atomic E-state index is 0.912. The summed E-state index contributed by atoms with van der Waals surface area (Å²) in [6, 6.07) is 24.1. The predicted octanol–water partition coefficient (Wildman–Crippen LogP) is 6.28. The minimum Gasteiger partial charge on any atom is -0.497 e. The molecule has 0 fully saturated rings. The molecule has 1 aliphatic carbocycles. The second-order valence-electron chi connectivity index (χ2n) is 7.38. The van der Waals surface area contributed by atoms with Crippen LogP contribution < -0.4 is 4.74 Å². The zero-order chi connectivity index (χ0) is 18.6. The Morgan fingerprint density at radius 2 is 1.70 bits per heavy atom. The van der Waals surface area contributed by atoms with E-state index in [4.69, 9.17) is 4.74 Å². The number of methoxy groups -OCH3 is 1. The fraction of sp³-hybridized carbons (Fsp3) is 0.231. The van der Waals surface area contributed by atoms with Crippen molar-refractivity contribution in [3.63, 3.8) is 0 Å². The molecule has 1 heteroatoms. The van der Waals surface area contributed by atoms with Gasteiger partial charge in [-0.05, 0) is 78.1 Å². The lowest BCUT2D eigenvalue weighted by molar-refractivity contribution is 0.414. The molecule has 0 radical (unpaired) electrons. The number of ether oxygens (including phenoxy) is 1. The van der Waals surface area contributed by atoms with Gasteiger partial charge in [0.25, 0.3) is 0 Å². The van der Waals surface area contributed by atoms with Gasteiger partial charge in [-0.25, -0.2) is 0 Å². The van der Waals surface area contributed by atoms with Gasteiger partial charge in [0, 0.05) is 0 Å². The van der Waals surface area contributed by atoms with Crippen LogP contribution in [0.15, 0.2) is 66.7 Å². The van der Waals surface area contributed by atoms with E-state index in [9.17, 15) is 0 Å². The Bertz CT molecular complexity index is 964. The van der Waals surface area contributed by atoms with E-state index in [0.717, 1.165) is 31.4 Å². The monoisotopic (exact) mass is 354 g/mol. The molecule has 1 nitrogen and oxygen atoms in total. The van der Waals surface area contributed by atoms with E-state index < -0.39 is 0 Å². The van der Waals surface area contributed by atoms with Gasteiger partial charge in [-0.3, -0.25) is 0 Å². The van der Waals surface area contributed by atoms with Crippen LogP contribution in [-0.2, 0) is 19.3 Å². The Kier molecular flexibility index (Phi) is 5.11. The first-order valence-electron chi connectivity index (χ1n) is 9.74. The van der Waals surface area contributed by atoms with Crippen LogP contribution in [0.4, 0.5) is 0 Å². The Morgan fingerprint density at radius 3 is 2.52 bits per heavy atom. The molecule has 0 heterocycles. The van der Waals surface area contributed by atoms with Crippen molar-refractivity contribution in [1.29, 1.82) is 0 Å². The van der Waals surface area contributed by atoms with Gasteiger partial charge < -0.3 is 4.74 Å². The van der Waals surface area contributed by atoms with Crippen molar-refractivity contribution in [3.05, 3.63) is 100 Å². The molecule has 0 amide bonds. The van der Waals surface area contributed by atoms with Gasteiger partial charge in [-0.15, -0.1) is 0 Å². The third kappa shape index (κ3) is 3.98. The second kappa shape index (κ2) is 7.84. The normalized spacial score (nSPS) is 14.4. The molecule has 0 saturated carbocycles. The quantitative estimate of drug-likeness (QED) is 0.524. The first kappa shape index (κ1) is 17.6. The minimum absolute atomic E-state index is 0.912. The van der Waals surface area contributed by atoms with Gasteiger partial charge in [0.05, 0.1) is 7.11 Å². The van der Waals surface area contributed by atoms with Crippen LogP contribution in [0.5, 0.6) is 5.75 Å². The molecule has 0 spiro atoms. The van der Waals surface area contributed by atoms with Crippen LogP contribution in [0.25, 0.3) is 11.6 Å². The molecule has 0 N–H and O–H groups in total. The lowest BCUT2D eigenvalue weighted by atomic mass is 9.94. The Balaban J connectivity index is 1.61. The largest absolute Gasteiger partial charge is 0.497 e. The fourth-order valence-electron chi connectivity index (χ4n) is 3.99. The molecule has 0 saturated heterocycles. The van der Waals surface area contributed by atoms with Gasteiger partial charge in [0.1, 0.15) is 5.75 Å². The van der Waals surface area contributed by atoms with Gasteiger partial charge in [0.2, 0.25) is 0 Å². The molecule has 1 aliphatic rings. The number of fused-ring (bicyclic) bond motifs is 1. The SMILES string of the molecule is COc1cccc(/C=C2\CCc3cccc(CCc4ccc(C)cc4)c32)c1. The average molecular weight is 354 g/mol. The molecule has 0 unspecified atom stereocenters. The summed E-state index contributed by atoms with van der Waals surface area (Å²) < 4.78 is 5.38.